The number of hydrogen-bond acceptors (Lipinski definition) is 7. The van der Waals surface area contributed by atoms with Gasteiger partial charge >= 0.3 is 5.97 Å². The van der Waals surface area contributed by atoms with Gasteiger partial charge in [0.15, 0.2) is 6.61 Å². The molecule has 1 aromatic rings. The molecule has 1 amide bonds. The molecule has 0 radical (unpaired) electrons. The van der Waals surface area contributed by atoms with Crippen LogP contribution in [0.1, 0.15) is 42.8 Å². The quantitative estimate of drug-likeness (QED) is 0.646. The van der Waals surface area contributed by atoms with Crippen molar-refractivity contribution in [2.24, 2.45) is 0 Å². The number of esters is 1. The van der Waals surface area contributed by atoms with Crippen LogP contribution in [0.4, 0.5) is 0 Å². The Balaban J connectivity index is 1.67. The molecule has 2 unspecified atom stereocenters. The first-order valence-corrected chi connectivity index (χ1v) is 12.9. The van der Waals surface area contributed by atoms with Crippen LogP contribution < -0.4 is 0 Å². The standard InChI is InChI=1S/C18H26N2O5S3/c1-13-4-3-5-14(2)20(13)16(21)12-25-18(22)17-15(6-9-27-17)28(23,24)19-7-10-26-11-8-19/h6,9,13-14H,3-5,7-8,10-12H2,1-2H3. The van der Waals surface area contributed by atoms with Gasteiger partial charge in [0.25, 0.3) is 5.91 Å². The topological polar surface area (TPSA) is 84.0 Å². The smallest absolute Gasteiger partial charge is 0.350 e. The first kappa shape index (κ1) is 21.6. The molecular weight excluding hydrogens is 420 g/mol. The lowest BCUT2D eigenvalue weighted by Crippen LogP contribution is -2.49. The van der Waals surface area contributed by atoms with Gasteiger partial charge < -0.3 is 9.64 Å². The summed E-state index contributed by atoms with van der Waals surface area (Å²) < 4.78 is 32.4. The van der Waals surface area contributed by atoms with Crippen molar-refractivity contribution in [1.82, 2.24) is 9.21 Å². The Morgan fingerprint density at radius 2 is 1.82 bits per heavy atom. The van der Waals surface area contributed by atoms with E-state index in [0.29, 0.717) is 13.1 Å². The summed E-state index contributed by atoms with van der Waals surface area (Å²) in [5, 5.41) is 1.57. The second-order valence-corrected chi connectivity index (χ2v) is 11.2. The summed E-state index contributed by atoms with van der Waals surface area (Å²) in [7, 11) is -3.74. The van der Waals surface area contributed by atoms with Crippen LogP contribution in [0.5, 0.6) is 0 Å². The number of sulfonamides is 1. The van der Waals surface area contributed by atoms with Crippen LogP contribution in [0, 0.1) is 0 Å². The minimum atomic E-state index is -3.74. The van der Waals surface area contributed by atoms with Crippen LogP contribution in [0.3, 0.4) is 0 Å². The van der Waals surface area contributed by atoms with Gasteiger partial charge in [-0.05, 0) is 44.6 Å². The highest BCUT2D eigenvalue weighted by molar-refractivity contribution is 7.99. The maximum Gasteiger partial charge on any atom is 0.350 e. The fourth-order valence-corrected chi connectivity index (χ4v) is 7.62. The normalized spacial score (nSPS) is 24.1. The number of hydrogen-bond donors (Lipinski definition) is 0. The van der Waals surface area contributed by atoms with E-state index in [1.54, 1.807) is 22.0 Å². The number of rotatable bonds is 5. The molecule has 0 spiro atoms. The number of carbonyl (C=O) groups excluding carboxylic acids is 2. The average molecular weight is 447 g/mol. The molecule has 0 N–H and O–H groups in total. The second-order valence-electron chi connectivity index (χ2n) is 7.14. The summed E-state index contributed by atoms with van der Waals surface area (Å²) >= 11 is 2.74. The fraction of sp³-hybridized carbons (Fsp3) is 0.667. The maximum atomic E-state index is 12.9. The Kier molecular flexibility index (Phi) is 7.06. The first-order valence-electron chi connectivity index (χ1n) is 9.46. The van der Waals surface area contributed by atoms with Crippen molar-refractivity contribution in [3.8, 4) is 0 Å². The zero-order valence-corrected chi connectivity index (χ0v) is 18.6. The van der Waals surface area contributed by atoms with Crippen molar-refractivity contribution in [1.29, 1.82) is 0 Å². The van der Waals surface area contributed by atoms with E-state index in [9.17, 15) is 18.0 Å². The summed E-state index contributed by atoms with van der Waals surface area (Å²) in [5.41, 5.74) is 0. The van der Waals surface area contributed by atoms with E-state index < -0.39 is 16.0 Å². The summed E-state index contributed by atoms with van der Waals surface area (Å²) in [5.74, 6) is 0.487. The van der Waals surface area contributed by atoms with E-state index in [-0.39, 0.29) is 34.4 Å². The van der Waals surface area contributed by atoms with E-state index in [2.05, 4.69) is 0 Å². The van der Waals surface area contributed by atoms with E-state index in [4.69, 9.17) is 4.74 Å². The number of ether oxygens (including phenoxy) is 1. The zero-order chi connectivity index (χ0) is 20.3. The third-order valence-electron chi connectivity index (χ3n) is 5.21. The van der Waals surface area contributed by atoms with Crippen LogP contribution in [0.15, 0.2) is 16.3 Å². The van der Waals surface area contributed by atoms with Crippen molar-refractivity contribution in [2.75, 3.05) is 31.2 Å². The van der Waals surface area contributed by atoms with Crippen molar-refractivity contribution in [3.63, 3.8) is 0 Å². The van der Waals surface area contributed by atoms with Crippen molar-refractivity contribution >= 4 is 45.0 Å². The van der Waals surface area contributed by atoms with Gasteiger partial charge in [-0.25, -0.2) is 13.2 Å². The predicted octanol–water partition coefficient (Wildman–Crippen LogP) is 2.43. The molecule has 0 aliphatic carbocycles. The minimum Gasteiger partial charge on any atom is -0.451 e. The highest BCUT2D eigenvalue weighted by Crippen LogP contribution is 2.28. The summed E-state index contributed by atoms with van der Waals surface area (Å²) in [6, 6.07) is 1.67. The molecule has 1 aromatic heterocycles. The second kappa shape index (κ2) is 9.15. The lowest BCUT2D eigenvalue weighted by Gasteiger charge is -2.38. The molecule has 2 aliphatic heterocycles. The van der Waals surface area contributed by atoms with Crippen molar-refractivity contribution in [3.05, 3.63) is 16.3 Å². The number of thiophene rings is 1. The van der Waals surface area contributed by atoms with Crippen molar-refractivity contribution in [2.45, 2.75) is 50.1 Å². The number of piperidine rings is 1. The van der Waals surface area contributed by atoms with E-state index in [1.165, 1.54) is 10.4 Å². The Morgan fingerprint density at radius 3 is 2.46 bits per heavy atom. The van der Waals surface area contributed by atoms with E-state index in [0.717, 1.165) is 42.1 Å². The molecule has 156 valence electrons. The molecule has 0 bridgehead atoms. The van der Waals surface area contributed by atoms with E-state index >= 15 is 0 Å². The van der Waals surface area contributed by atoms with Gasteiger partial charge in [-0.3, -0.25) is 4.79 Å². The van der Waals surface area contributed by atoms with Crippen molar-refractivity contribution < 1.29 is 22.7 Å². The number of thioether (sulfide) groups is 1. The highest BCUT2D eigenvalue weighted by Gasteiger charge is 2.33. The third-order valence-corrected chi connectivity index (χ3v) is 9.12. The largest absolute Gasteiger partial charge is 0.451 e. The average Bonchev–Trinajstić information content (AvgIpc) is 3.17. The van der Waals surface area contributed by atoms with Gasteiger partial charge in [0, 0.05) is 36.7 Å². The Labute approximate surface area is 174 Å². The van der Waals surface area contributed by atoms with Crippen LogP contribution in [0.2, 0.25) is 0 Å². The fourth-order valence-electron chi connectivity index (χ4n) is 3.76. The molecule has 2 atom stereocenters. The molecule has 7 nitrogen and oxygen atoms in total. The lowest BCUT2D eigenvalue weighted by atomic mass is 9.97. The molecule has 0 aromatic carbocycles. The lowest BCUT2D eigenvalue weighted by molar-refractivity contribution is -0.140. The number of carbonyl (C=O) groups is 2. The minimum absolute atomic E-state index is 0.0263. The van der Waals surface area contributed by atoms with Gasteiger partial charge in [0.05, 0.1) is 0 Å². The Bertz CT molecular complexity index is 807. The van der Waals surface area contributed by atoms with Crippen LogP contribution in [-0.2, 0) is 19.6 Å². The molecule has 2 saturated heterocycles. The predicted molar refractivity (Wildman–Crippen MR) is 110 cm³/mol. The van der Waals surface area contributed by atoms with Gasteiger partial charge in [-0.1, -0.05) is 0 Å². The molecule has 28 heavy (non-hydrogen) atoms. The number of amides is 1. The molecule has 2 aliphatic rings. The summed E-state index contributed by atoms with van der Waals surface area (Å²) in [6.07, 6.45) is 2.95. The molecule has 3 rings (SSSR count). The maximum absolute atomic E-state index is 12.9. The highest BCUT2D eigenvalue weighted by atomic mass is 32.2. The van der Waals surface area contributed by atoms with Crippen LogP contribution in [0.25, 0.3) is 0 Å². The Morgan fingerprint density at radius 1 is 1.18 bits per heavy atom. The van der Waals surface area contributed by atoms with Gasteiger partial charge in [-0.2, -0.15) is 16.1 Å². The zero-order valence-electron chi connectivity index (χ0n) is 16.1. The van der Waals surface area contributed by atoms with Crippen LogP contribution in [-0.4, -0.2) is 72.8 Å². The number of likely N-dealkylation sites (tertiary alicyclic amines) is 1. The van der Waals surface area contributed by atoms with E-state index in [1.807, 2.05) is 13.8 Å². The molecule has 10 heteroatoms. The van der Waals surface area contributed by atoms with Gasteiger partial charge in [-0.15, -0.1) is 11.3 Å². The summed E-state index contributed by atoms with van der Waals surface area (Å²) in [6.45, 7) is 4.48. The first-order chi connectivity index (χ1) is 13.3. The van der Waals surface area contributed by atoms with Gasteiger partial charge in [0.1, 0.15) is 9.77 Å². The SMILES string of the molecule is CC1CCCC(C)N1C(=O)COC(=O)c1sccc1S(=O)(=O)N1CCSCC1. The van der Waals surface area contributed by atoms with Gasteiger partial charge in [0.2, 0.25) is 10.0 Å². The summed E-state index contributed by atoms with van der Waals surface area (Å²) in [4.78, 5) is 26.9. The third kappa shape index (κ3) is 4.55. The molecular formula is C18H26N2O5S3. The molecule has 2 fully saturated rings. The molecule has 0 saturated carbocycles. The monoisotopic (exact) mass is 446 g/mol. The van der Waals surface area contributed by atoms with Crippen LogP contribution >= 0.6 is 23.1 Å². The Hall–Kier alpha value is -1.10. The number of nitrogens with zero attached hydrogens (tertiary/aromatic N) is 2. The molecule has 3 heterocycles.